The number of carbonyl (C=O) groups is 2. The Morgan fingerprint density at radius 2 is 1.87 bits per heavy atom. The molecule has 0 atom stereocenters. The number of aromatic amines is 1. The number of esters is 1. The van der Waals surface area contributed by atoms with Crippen LogP contribution in [0.4, 0.5) is 11.5 Å². The fourth-order valence-electron chi connectivity index (χ4n) is 2.87. The van der Waals surface area contributed by atoms with Crippen LogP contribution in [0.5, 0.6) is 0 Å². The first kappa shape index (κ1) is 24.5. The summed E-state index contributed by atoms with van der Waals surface area (Å²) in [5, 5.41) is 0.446. The number of halogens is 2. The molecule has 9 nitrogen and oxygen atoms in total. The largest absolute Gasteiger partial charge is 0.452 e. The number of nitrogens with zero attached hydrogens (tertiary/aromatic N) is 2. The van der Waals surface area contributed by atoms with Crippen molar-refractivity contribution in [3.8, 4) is 0 Å². The molecular weight excluding hydrogens is 447 g/mol. The van der Waals surface area contributed by atoms with Crippen LogP contribution in [0.3, 0.4) is 0 Å². The standard InChI is InChI=1S/C20H24Cl2N4O5/c1-3-5-9-25(16-17(23)26(8-4-2)20(30)24-18(16)28)15(27)11-31-19(29)12-6-7-13(21)14(22)10-12/h6-7,10H,3-5,8-9,11,23H2,1-2H3,(H,24,28,30). The smallest absolute Gasteiger partial charge is 0.338 e. The Hall–Kier alpha value is -2.78. The highest BCUT2D eigenvalue weighted by atomic mass is 35.5. The molecule has 1 amide bonds. The molecule has 168 valence electrons. The van der Waals surface area contributed by atoms with Crippen molar-refractivity contribution in [2.45, 2.75) is 39.7 Å². The van der Waals surface area contributed by atoms with Crippen LogP contribution in [0.2, 0.25) is 10.0 Å². The van der Waals surface area contributed by atoms with Gasteiger partial charge in [-0.2, -0.15) is 0 Å². The van der Waals surface area contributed by atoms with E-state index in [1.807, 2.05) is 13.8 Å². The highest BCUT2D eigenvalue weighted by Gasteiger charge is 2.25. The van der Waals surface area contributed by atoms with Crippen molar-refractivity contribution in [2.24, 2.45) is 0 Å². The first-order valence-electron chi connectivity index (χ1n) is 9.76. The molecule has 1 aromatic heterocycles. The van der Waals surface area contributed by atoms with Crippen LogP contribution < -0.4 is 21.9 Å². The molecule has 0 aliphatic rings. The van der Waals surface area contributed by atoms with Gasteiger partial charge in [-0.3, -0.25) is 19.1 Å². The molecule has 0 aliphatic heterocycles. The second-order valence-corrected chi connectivity index (χ2v) is 7.56. The Morgan fingerprint density at radius 1 is 1.16 bits per heavy atom. The number of nitrogen functional groups attached to an aromatic ring is 1. The van der Waals surface area contributed by atoms with Crippen molar-refractivity contribution >= 4 is 46.6 Å². The molecule has 2 rings (SSSR count). The minimum Gasteiger partial charge on any atom is -0.452 e. The molecule has 0 fully saturated rings. The first-order chi connectivity index (χ1) is 14.7. The Bertz CT molecular complexity index is 1080. The lowest BCUT2D eigenvalue weighted by molar-refractivity contribution is -0.121. The predicted molar refractivity (Wildman–Crippen MR) is 120 cm³/mol. The molecule has 0 saturated heterocycles. The van der Waals surface area contributed by atoms with E-state index >= 15 is 0 Å². The van der Waals surface area contributed by atoms with Crippen molar-refractivity contribution < 1.29 is 14.3 Å². The molecule has 31 heavy (non-hydrogen) atoms. The van der Waals surface area contributed by atoms with Gasteiger partial charge in [0.25, 0.3) is 11.5 Å². The normalized spacial score (nSPS) is 10.7. The van der Waals surface area contributed by atoms with E-state index in [2.05, 4.69) is 4.98 Å². The molecule has 0 bridgehead atoms. The highest BCUT2D eigenvalue weighted by molar-refractivity contribution is 6.42. The zero-order valence-corrected chi connectivity index (χ0v) is 18.8. The first-order valence-corrected chi connectivity index (χ1v) is 10.5. The summed E-state index contributed by atoms with van der Waals surface area (Å²) in [6.07, 6.45) is 1.90. The SMILES string of the molecule is CCCCN(C(=O)COC(=O)c1ccc(Cl)c(Cl)c1)c1c(N)n(CCC)c(=O)[nH]c1=O. The van der Waals surface area contributed by atoms with Gasteiger partial charge in [0.2, 0.25) is 0 Å². The van der Waals surface area contributed by atoms with Gasteiger partial charge in [-0.25, -0.2) is 9.59 Å². The monoisotopic (exact) mass is 470 g/mol. The Balaban J connectivity index is 2.30. The fraction of sp³-hybridized carbons (Fsp3) is 0.400. The summed E-state index contributed by atoms with van der Waals surface area (Å²) in [4.78, 5) is 53.0. The van der Waals surface area contributed by atoms with E-state index in [0.717, 1.165) is 11.3 Å². The lowest BCUT2D eigenvalue weighted by atomic mass is 10.2. The number of hydrogen-bond donors (Lipinski definition) is 2. The van der Waals surface area contributed by atoms with E-state index in [1.54, 1.807) is 0 Å². The molecule has 0 saturated carbocycles. The predicted octanol–water partition coefficient (Wildman–Crippen LogP) is 2.83. The van der Waals surface area contributed by atoms with Gasteiger partial charge >= 0.3 is 11.7 Å². The van der Waals surface area contributed by atoms with Gasteiger partial charge in [0.15, 0.2) is 12.3 Å². The van der Waals surface area contributed by atoms with Crippen LogP contribution in [0, 0.1) is 0 Å². The molecule has 1 aromatic carbocycles. The number of hydrogen-bond acceptors (Lipinski definition) is 6. The fourth-order valence-corrected chi connectivity index (χ4v) is 3.17. The summed E-state index contributed by atoms with van der Waals surface area (Å²) in [6, 6.07) is 4.18. The number of carbonyl (C=O) groups excluding carboxylic acids is 2. The van der Waals surface area contributed by atoms with Gasteiger partial charge < -0.3 is 15.4 Å². The van der Waals surface area contributed by atoms with E-state index in [9.17, 15) is 19.2 Å². The number of unbranched alkanes of at least 4 members (excludes halogenated alkanes) is 1. The van der Waals surface area contributed by atoms with E-state index in [-0.39, 0.29) is 40.2 Å². The van der Waals surface area contributed by atoms with E-state index in [1.165, 1.54) is 22.8 Å². The van der Waals surface area contributed by atoms with Crippen LogP contribution in [0.15, 0.2) is 27.8 Å². The summed E-state index contributed by atoms with van der Waals surface area (Å²) >= 11 is 11.7. The highest BCUT2D eigenvalue weighted by Crippen LogP contribution is 2.23. The average Bonchev–Trinajstić information content (AvgIpc) is 2.73. The number of H-pyrrole nitrogens is 1. The number of rotatable bonds is 9. The van der Waals surface area contributed by atoms with Crippen molar-refractivity contribution in [1.29, 1.82) is 0 Å². The van der Waals surface area contributed by atoms with Crippen molar-refractivity contribution in [3.63, 3.8) is 0 Å². The number of aromatic nitrogens is 2. The lowest BCUT2D eigenvalue weighted by Gasteiger charge is -2.24. The molecule has 0 aliphatic carbocycles. The third-order valence-corrected chi connectivity index (χ3v) is 5.19. The molecule has 3 N–H and O–H groups in total. The number of anilines is 2. The second-order valence-electron chi connectivity index (χ2n) is 6.75. The van der Waals surface area contributed by atoms with Crippen LogP contribution in [0.1, 0.15) is 43.5 Å². The minimum atomic E-state index is -0.782. The Kier molecular flexibility index (Phi) is 8.70. The van der Waals surface area contributed by atoms with E-state index < -0.39 is 29.7 Å². The van der Waals surface area contributed by atoms with Gasteiger partial charge in [0, 0.05) is 13.1 Å². The van der Waals surface area contributed by atoms with Crippen molar-refractivity contribution in [1.82, 2.24) is 9.55 Å². The van der Waals surface area contributed by atoms with Crippen LogP contribution in [0.25, 0.3) is 0 Å². The summed E-state index contributed by atoms with van der Waals surface area (Å²) in [5.41, 5.74) is 4.62. The Labute approximate surface area is 188 Å². The number of benzene rings is 1. The minimum absolute atomic E-state index is 0.115. The molecular formula is C20H24Cl2N4O5. The maximum atomic E-state index is 12.9. The van der Waals surface area contributed by atoms with Crippen LogP contribution in [-0.2, 0) is 16.1 Å². The van der Waals surface area contributed by atoms with Gasteiger partial charge in [-0.15, -0.1) is 0 Å². The number of ether oxygens (including phenoxy) is 1. The van der Waals surface area contributed by atoms with Crippen molar-refractivity contribution in [2.75, 3.05) is 23.8 Å². The molecule has 0 spiro atoms. The van der Waals surface area contributed by atoms with Gasteiger partial charge in [0.1, 0.15) is 5.82 Å². The zero-order valence-electron chi connectivity index (χ0n) is 17.2. The molecule has 0 unspecified atom stereocenters. The molecule has 11 heteroatoms. The summed E-state index contributed by atoms with van der Waals surface area (Å²) in [7, 11) is 0. The van der Waals surface area contributed by atoms with Crippen LogP contribution in [-0.4, -0.2) is 34.6 Å². The summed E-state index contributed by atoms with van der Waals surface area (Å²) in [6.45, 7) is 3.57. The zero-order chi connectivity index (χ0) is 23.1. The van der Waals surface area contributed by atoms with E-state index in [0.29, 0.717) is 12.8 Å². The molecule has 2 aromatic rings. The van der Waals surface area contributed by atoms with Gasteiger partial charge in [0.05, 0.1) is 15.6 Å². The topological polar surface area (TPSA) is 127 Å². The molecule has 0 radical (unpaired) electrons. The van der Waals surface area contributed by atoms with Crippen LogP contribution >= 0.6 is 23.2 Å². The second kappa shape index (κ2) is 11.0. The summed E-state index contributed by atoms with van der Waals surface area (Å²) in [5.74, 6) is -1.54. The maximum Gasteiger partial charge on any atom is 0.338 e. The number of nitrogens with one attached hydrogen (secondary N) is 1. The third kappa shape index (κ3) is 5.89. The Morgan fingerprint density at radius 3 is 2.48 bits per heavy atom. The molecule has 1 heterocycles. The average molecular weight is 471 g/mol. The number of amides is 1. The van der Waals surface area contributed by atoms with Crippen molar-refractivity contribution in [3.05, 3.63) is 54.6 Å². The summed E-state index contributed by atoms with van der Waals surface area (Å²) < 4.78 is 6.29. The number of nitrogens with two attached hydrogens (primary N) is 1. The lowest BCUT2D eigenvalue weighted by Crippen LogP contribution is -2.43. The van der Waals surface area contributed by atoms with E-state index in [4.69, 9.17) is 33.7 Å². The van der Waals surface area contributed by atoms with Gasteiger partial charge in [-0.05, 0) is 31.0 Å². The third-order valence-electron chi connectivity index (χ3n) is 4.45. The van der Waals surface area contributed by atoms with Gasteiger partial charge in [-0.1, -0.05) is 43.5 Å². The maximum absolute atomic E-state index is 12.9. The quantitative estimate of drug-likeness (QED) is 0.542.